The molecule has 1 nitrogen and oxygen atoms in total. The highest BCUT2D eigenvalue weighted by molar-refractivity contribution is 7.98. The lowest BCUT2D eigenvalue weighted by atomic mass is 9.69. The minimum absolute atomic E-state index is 0.509. The van der Waals surface area contributed by atoms with Gasteiger partial charge in [-0.15, -0.1) is 0 Å². The quantitative estimate of drug-likeness (QED) is 0.757. The molecule has 0 aromatic heterocycles. The molecular weight excluding hydrogens is 178 g/mol. The van der Waals surface area contributed by atoms with E-state index in [2.05, 4.69) is 13.2 Å². The molecule has 1 fully saturated rings. The van der Waals surface area contributed by atoms with Crippen LogP contribution in [0.4, 0.5) is 0 Å². The van der Waals surface area contributed by atoms with Crippen LogP contribution in [0, 0.1) is 11.3 Å². The van der Waals surface area contributed by atoms with E-state index in [0.29, 0.717) is 5.41 Å². The van der Waals surface area contributed by atoms with Gasteiger partial charge in [-0.05, 0) is 49.1 Å². The molecule has 1 saturated carbocycles. The number of thioether (sulfide) groups is 1. The van der Waals surface area contributed by atoms with Crippen LogP contribution < -0.4 is 5.73 Å². The Morgan fingerprint density at radius 2 is 2.00 bits per heavy atom. The molecule has 78 valence electrons. The van der Waals surface area contributed by atoms with Gasteiger partial charge in [-0.2, -0.15) is 11.8 Å². The summed E-state index contributed by atoms with van der Waals surface area (Å²) in [6.07, 6.45) is 9.04. The van der Waals surface area contributed by atoms with E-state index in [1.54, 1.807) is 0 Å². The van der Waals surface area contributed by atoms with Gasteiger partial charge < -0.3 is 5.73 Å². The lowest BCUT2D eigenvalue weighted by Crippen LogP contribution is -2.35. The Hall–Kier alpha value is 0.310. The minimum Gasteiger partial charge on any atom is -0.330 e. The van der Waals surface area contributed by atoms with E-state index in [4.69, 9.17) is 5.73 Å². The van der Waals surface area contributed by atoms with E-state index in [9.17, 15) is 0 Å². The van der Waals surface area contributed by atoms with Crippen molar-refractivity contribution >= 4 is 11.8 Å². The zero-order chi connectivity index (χ0) is 9.73. The standard InChI is InChI=1S/C11H23NS/c1-10-3-5-11(9-12,6-4-10)7-8-13-2/h10H,3-9,12H2,1-2H3. The zero-order valence-electron chi connectivity index (χ0n) is 9.01. The molecule has 0 saturated heterocycles. The summed E-state index contributed by atoms with van der Waals surface area (Å²) in [7, 11) is 0. The molecule has 0 bridgehead atoms. The van der Waals surface area contributed by atoms with Gasteiger partial charge in [0.25, 0.3) is 0 Å². The monoisotopic (exact) mass is 201 g/mol. The number of rotatable bonds is 4. The summed E-state index contributed by atoms with van der Waals surface area (Å²) in [5.41, 5.74) is 6.42. The summed E-state index contributed by atoms with van der Waals surface area (Å²) in [4.78, 5) is 0. The second-order valence-corrected chi connectivity index (χ2v) is 5.62. The normalized spacial score (nSPS) is 34.8. The fourth-order valence-electron chi connectivity index (χ4n) is 2.25. The van der Waals surface area contributed by atoms with Crippen molar-refractivity contribution in [1.29, 1.82) is 0 Å². The molecule has 0 radical (unpaired) electrons. The second-order valence-electron chi connectivity index (χ2n) is 4.63. The number of hydrogen-bond donors (Lipinski definition) is 1. The van der Waals surface area contributed by atoms with Crippen molar-refractivity contribution in [3.05, 3.63) is 0 Å². The lowest BCUT2D eigenvalue weighted by Gasteiger charge is -2.38. The van der Waals surface area contributed by atoms with Gasteiger partial charge in [0.2, 0.25) is 0 Å². The van der Waals surface area contributed by atoms with E-state index in [0.717, 1.165) is 12.5 Å². The van der Waals surface area contributed by atoms with Crippen LogP contribution in [0.2, 0.25) is 0 Å². The molecule has 0 aromatic carbocycles. The summed E-state index contributed by atoms with van der Waals surface area (Å²) in [6, 6.07) is 0. The Labute approximate surface area is 86.8 Å². The SMILES string of the molecule is CSCCC1(CN)CCC(C)CC1. The summed E-state index contributed by atoms with van der Waals surface area (Å²) in [5.74, 6) is 2.22. The average molecular weight is 201 g/mol. The summed E-state index contributed by atoms with van der Waals surface area (Å²) < 4.78 is 0. The number of hydrogen-bond acceptors (Lipinski definition) is 2. The Balaban J connectivity index is 2.40. The molecule has 13 heavy (non-hydrogen) atoms. The van der Waals surface area contributed by atoms with Gasteiger partial charge in [-0.1, -0.05) is 19.8 Å². The molecule has 2 heteroatoms. The van der Waals surface area contributed by atoms with Crippen molar-refractivity contribution in [1.82, 2.24) is 0 Å². The molecule has 1 aliphatic rings. The van der Waals surface area contributed by atoms with Crippen LogP contribution in [0.25, 0.3) is 0 Å². The van der Waals surface area contributed by atoms with Crippen molar-refractivity contribution in [3.63, 3.8) is 0 Å². The van der Waals surface area contributed by atoms with Gasteiger partial charge in [0.15, 0.2) is 0 Å². The predicted octanol–water partition coefficient (Wildman–Crippen LogP) is 2.89. The maximum Gasteiger partial charge on any atom is -0.00202 e. The summed E-state index contributed by atoms with van der Waals surface area (Å²) in [5, 5.41) is 0. The Bertz CT molecular complexity index is 134. The molecule has 1 aliphatic carbocycles. The zero-order valence-corrected chi connectivity index (χ0v) is 9.83. The van der Waals surface area contributed by atoms with Crippen LogP contribution >= 0.6 is 11.8 Å². The molecular formula is C11H23NS. The van der Waals surface area contributed by atoms with E-state index in [1.807, 2.05) is 11.8 Å². The van der Waals surface area contributed by atoms with Gasteiger partial charge in [-0.25, -0.2) is 0 Å². The summed E-state index contributed by atoms with van der Waals surface area (Å²) in [6.45, 7) is 3.27. The first-order valence-corrected chi connectivity index (χ1v) is 6.81. The lowest BCUT2D eigenvalue weighted by molar-refractivity contribution is 0.159. The van der Waals surface area contributed by atoms with Crippen molar-refractivity contribution in [2.45, 2.75) is 39.0 Å². The third-order valence-electron chi connectivity index (χ3n) is 3.60. The van der Waals surface area contributed by atoms with Gasteiger partial charge >= 0.3 is 0 Å². The molecule has 0 spiro atoms. The molecule has 0 atom stereocenters. The molecule has 0 heterocycles. The summed E-state index contributed by atoms with van der Waals surface area (Å²) >= 11 is 1.95. The molecule has 2 N–H and O–H groups in total. The van der Waals surface area contributed by atoms with Crippen molar-refractivity contribution in [3.8, 4) is 0 Å². The van der Waals surface area contributed by atoms with E-state index < -0.39 is 0 Å². The maximum absolute atomic E-state index is 5.92. The first kappa shape index (κ1) is 11.4. The highest BCUT2D eigenvalue weighted by Crippen LogP contribution is 2.41. The van der Waals surface area contributed by atoms with Crippen LogP contribution in [0.1, 0.15) is 39.0 Å². The van der Waals surface area contributed by atoms with Crippen LogP contribution in [-0.2, 0) is 0 Å². The van der Waals surface area contributed by atoms with Gasteiger partial charge in [-0.3, -0.25) is 0 Å². The van der Waals surface area contributed by atoms with E-state index in [1.165, 1.54) is 37.9 Å². The van der Waals surface area contributed by atoms with Crippen LogP contribution in [0.5, 0.6) is 0 Å². The topological polar surface area (TPSA) is 26.0 Å². The molecule has 0 aromatic rings. The van der Waals surface area contributed by atoms with Crippen LogP contribution in [0.3, 0.4) is 0 Å². The van der Waals surface area contributed by atoms with Gasteiger partial charge in [0, 0.05) is 0 Å². The van der Waals surface area contributed by atoms with Gasteiger partial charge in [0.1, 0.15) is 0 Å². The van der Waals surface area contributed by atoms with Crippen molar-refractivity contribution in [2.24, 2.45) is 17.1 Å². The highest BCUT2D eigenvalue weighted by atomic mass is 32.2. The van der Waals surface area contributed by atoms with Crippen molar-refractivity contribution < 1.29 is 0 Å². The molecule has 1 rings (SSSR count). The Morgan fingerprint density at radius 1 is 1.38 bits per heavy atom. The van der Waals surface area contributed by atoms with Crippen molar-refractivity contribution in [2.75, 3.05) is 18.6 Å². The molecule has 0 aliphatic heterocycles. The largest absolute Gasteiger partial charge is 0.330 e. The van der Waals surface area contributed by atoms with Crippen LogP contribution in [-0.4, -0.2) is 18.6 Å². The van der Waals surface area contributed by atoms with Crippen LogP contribution in [0.15, 0.2) is 0 Å². The number of nitrogens with two attached hydrogens (primary N) is 1. The van der Waals surface area contributed by atoms with E-state index >= 15 is 0 Å². The first-order chi connectivity index (χ1) is 6.22. The van der Waals surface area contributed by atoms with E-state index in [-0.39, 0.29) is 0 Å². The highest BCUT2D eigenvalue weighted by Gasteiger charge is 2.32. The smallest absolute Gasteiger partial charge is 0.00202 e. The fourth-order valence-corrected chi connectivity index (χ4v) is 2.89. The second kappa shape index (κ2) is 5.26. The Kier molecular flexibility index (Phi) is 4.60. The fraction of sp³-hybridized carbons (Fsp3) is 1.00. The molecule has 0 unspecified atom stereocenters. The minimum atomic E-state index is 0.509. The third kappa shape index (κ3) is 3.17. The third-order valence-corrected chi connectivity index (χ3v) is 4.22. The molecule has 0 amide bonds. The maximum atomic E-state index is 5.92. The van der Waals surface area contributed by atoms with Gasteiger partial charge in [0.05, 0.1) is 0 Å². The first-order valence-electron chi connectivity index (χ1n) is 5.41. The average Bonchev–Trinajstić information content (AvgIpc) is 2.18. The Morgan fingerprint density at radius 3 is 2.46 bits per heavy atom. The predicted molar refractivity (Wildman–Crippen MR) is 62.1 cm³/mol.